The predicted octanol–water partition coefficient (Wildman–Crippen LogP) is 5.32. The van der Waals surface area contributed by atoms with E-state index in [-0.39, 0.29) is 21.9 Å². The first-order valence-corrected chi connectivity index (χ1v) is 12.0. The molecule has 2 aromatic carbocycles. The summed E-state index contributed by atoms with van der Waals surface area (Å²) >= 11 is 7.32. The average Bonchev–Trinajstić information content (AvgIpc) is 3.41. The summed E-state index contributed by atoms with van der Waals surface area (Å²) in [5, 5.41) is 1.73. The van der Waals surface area contributed by atoms with Crippen molar-refractivity contribution in [2.75, 3.05) is 11.3 Å². The number of amides is 1. The molecule has 5 nitrogen and oxygen atoms in total. The monoisotopic (exact) mass is 464 g/mol. The number of benzene rings is 2. The van der Waals surface area contributed by atoms with Gasteiger partial charge in [0, 0.05) is 22.7 Å². The average molecular weight is 465 g/mol. The van der Waals surface area contributed by atoms with E-state index in [1.165, 1.54) is 17.0 Å². The van der Waals surface area contributed by atoms with Crippen molar-refractivity contribution >= 4 is 44.6 Å². The van der Waals surface area contributed by atoms with Crippen LogP contribution in [0.15, 0.2) is 64.9 Å². The number of rotatable bonds is 5. The summed E-state index contributed by atoms with van der Waals surface area (Å²) in [6.45, 7) is 0.696. The van der Waals surface area contributed by atoms with E-state index in [0.717, 1.165) is 31.0 Å². The lowest BCUT2D eigenvalue weighted by Crippen LogP contribution is -2.30. The van der Waals surface area contributed by atoms with E-state index < -0.39 is 15.8 Å². The Morgan fingerprint density at radius 2 is 1.93 bits per heavy atom. The van der Waals surface area contributed by atoms with Gasteiger partial charge in [-0.05, 0) is 66.8 Å². The lowest BCUT2D eigenvalue weighted by atomic mass is 10.1. The molecule has 1 aliphatic heterocycles. The third-order valence-corrected chi connectivity index (χ3v) is 7.61. The fraction of sp³-hybridized carbons (Fsp3) is 0.190. The normalized spacial score (nSPS) is 16.6. The van der Waals surface area contributed by atoms with Gasteiger partial charge in [0.25, 0.3) is 15.9 Å². The summed E-state index contributed by atoms with van der Waals surface area (Å²) in [6.07, 6.45) is 1.89. The molecule has 1 amide bonds. The van der Waals surface area contributed by atoms with Crippen molar-refractivity contribution in [1.29, 1.82) is 0 Å². The molecule has 2 heterocycles. The molecule has 1 N–H and O–H groups in total. The summed E-state index contributed by atoms with van der Waals surface area (Å²) in [6, 6.07) is 13.6. The predicted molar refractivity (Wildman–Crippen MR) is 116 cm³/mol. The van der Waals surface area contributed by atoms with Gasteiger partial charge in [-0.25, -0.2) is 12.8 Å². The molecule has 1 aromatic heterocycles. The van der Waals surface area contributed by atoms with Gasteiger partial charge in [0.2, 0.25) is 0 Å². The van der Waals surface area contributed by atoms with Crippen molar-refractivity contribution in [3.63, 3.8) is 0 Å². The Morgan fingerprint density at radius 1 is 1.17 bits per heavy atom. The van der Waals surface area contributed by atoms with Crippen molar-refractivity contribution < 1.29 is 17.6 Å². The second-order valence-electron chi connectivity index (χ2n) is 6.93. The highest BCUT2D eigenvalue weighted by Gasteiger charge is 2.31. The molecule has 0 spiro atoms. The molecule has 1 aliphatic rings. The molecule has 1 unspecified atom stereocenters. The van der Waals surface area contributed by atoms with Gasteiger partial charge in [-0.1, -0.05) is 17.7 Å². The van der Waals surface area contributed by atoms with Crippen molar-refractivity contribution in [2.24, 2.45) is 0 Å². The number of hydrogen-bond donors (Lipinski definition) is 1. The van der Waals surface area contributed by atoms with Crippen LogP contribution in [-0.2, 0) is 10.0 Å². The van der Waals surface area contributed by atoms with Crippen LogP contribution in [0.4, 0.5) is 10.1 Å². The number of carbonyl (C=O) groups excluding carboxylic acids is 1. The summed E-state index contributed by atoms with van der Waals surface area (Å²) in [5.41, 5.74) is 0.787. The molecule has 156 valence electrons. The molecule has 1 atom stereocenters. The molecule has 1 fully saturated rings. The number of nitrogens with zero attached hydrogens (tertiary/aromatic N) is 1. The Balaban J connectivity index is 1.50. The Kier molecular flexibility index (Phi) is 5.81. The van der Waals surface area contributed by atoms with Crippen molar-refractivity contribution in [1.82, 2.24) is 4.90 Å². The molecule has 3 aromatic rings. The maximum Gasteiger partial charge on any atom is 0.261 e. The fourth-order valence-corrected chi connectivity index (χ4v) is 5.69. The molecule has 0 bridgehead atoms. The van der Waals surface area contributed by atoms with Crippen LogP contribution < -0.4 is 4.72 Å². The van der Waals surface area contributed by atoms with Crippen LogP contribution in [0.25, 0.3) is 0 Å². The van der Waals surface area contributed by atoms with Crippen LogP contribution in [0.1, 0.15) is 34.1 Å². The molecule has 30 heavy (non-hydrogen) atoms. The third-order valence-electron chi connectivity index (χ3n) is 4.97. The highest BCUT2D eigenvalue weighted by Crippen LogP contribution is 2.35. The number of carbonyl (C=O) groups is 1. The van der Waals surface area contributed by atoms with Gasteiger partial charge >= 0.3 is 0 Å². The van der Waals surface area contributed by atoms with E-state index in [4.69, 9.17) is 11.6 Å². The molecule has 0 radical (unpaired) electrons. The lowest BCUT2D eigenvalue weighted by molar-refractivity contribution is 0.0738. The Hall–Kier alpha value is -2.42. The second-order valence-corrected chi connectivity index (χ2v) is 10.00. The van der Waals surface area contributed by atoms with E-state index in [1.54, 1.807) is 23.5 Å². The Labute approximate surface area is 183 Å². The number of likely N-dealkylation sites (tertiary alicyclic amines) is 1. The summed E-state index contributed by atoms with van der Waals surface area (Å²) in [4.78, 5) is 15.9. The minimum atomic E-state index is -3.93. The number of anilines is 1. The van der Waals surface area contributed by atoms with Crippen molar-refractivity contribution in [3.05, 3.63) is 81.3 Å². The number of halogens is 2. The molecule has 0 saturated carbocycles. The standard InChI is InChI=1S/C21H18ClFN2O3S2/c22-17-13-16(9-10-18(17)23)30(27,28)24-15-7-5-14(6-8-15)21(26)25-11-1-3-19(25)20-4-2-12-29-20/h2,4-10,12-13,19,24H,1,3,11H2. The first-order valence-electron chi connectivity index (χ1n) is 9.27. The van der Waals surface area contributed by atoms with E-state index in [0.29, 0.717) is 17.8 Å². The first kappa shape index (κ1) is 20.8. The third kappa shape index (κ3) is 4.21. The van der Waals surface area contributed by atoms with Crippen LogP contribution in [0, 0.1) is 5.82 Å². The van der Waals surface area contributed by atoms with Gasteiger partial charge in [0.1, 0.15) is 5.82 Å². The number of thiophene rings is 1. The van der Waals surface area contributed by atoms with E-state index in [9.17, 15) is 17.6 Å². The van der Waals surface area contributed by atoms with Gasteiger partial charge in [-0.2, -0.15) is 0 Å². The lowest BCUT2D eigenvalue weighted by Gasteiger charge is -2.24. The van der Waals surface area contributed by atoms with Gasteiger partial charge in [0.05, 0.1) is 16.0 Å². The minimum Gasteiger partial charge on any atom is -0.331 e. The number of sulfonamides is 1. The SMILES string of the molecule is O=C(c1ccc(NS(=O)(=O)c2ccc(F)c(Cl)c2)cc1)N1CCCC1c1cccs1. The van der Waals surface area contributed by atoms with E-state index >= 15 is 0 Å². The molecule has 0 aliphatic carbocycles. The second kappa shape index (κ2) is 8.37. The van der Waals surface area contributed by atoms with Crippen LogP contribution in [0.2, 0.25) is 5.02 Å². The Morgan fingerprint density at radius 3 is 2.60 bits per heavy atom. The van der Waals surface area contributed by atoms with Crippen LogP contribution in [0.5, 0.6) is 0 Å². The molecule has 4 rings (SSSR count). The molecular weight excluding hydrogens is 447 g/mol. The van der Waals surface area contributed by atoms with Gasteiger partial charge < -0.3 is 4.90 Å². The molecule has 1 saturated heterocycles. The maximum atomic E-state index is 13.3. The minimum absolute atomic E-state index is 0.0781. The largest absolute Gasteiger partial charge is 0.331 e. The first-order chi connectivity index (χ1) is 14.3. The van der Waals surface area contributed by atoms with E-state index in [1.807, 2.05) is 22.4 Å². The van der Waals surface area contributed by atoms with Gasteiger partial charge in [-0.15, -0.1) is 11.3 Å². The number of hydrogen-bond acceptors (Lipinski definition) is 4. The van der Waals surface area contributed by atoms with Crippen molar-refractivity contribution in [3.8, 4) is 0 Å². The molecule has 9 heteroatoms. The van der Waals surface area contributed by atoms with E-state index in [2.05, 4.69) is 4.72 Å². The highest BCUT2D eigenvalue weighted by molar-refractivity contribution is 7.92. The fourth-order valence-electron chi connectivity index (χ4n) is 3.49. The highest BCUT2D eigenvalue weighted by atomic mass is 35.5. The summed E-state index contributed by atoms with van der Waals surface area (Å²) in [7, 11) is -3.93. The van der Waals surface area contributed by atoms with Crippen molar-refractivity contribution in [2.45, 2.75) is 23.8 Å². The van der Waals surface area contributed by atoms with Crippen LogP contribution in [-0.4, -0.2) is 25.8 Å². The topological polar surface area (TPSA) is 66.5 Å². The zero-order valence-corrected chi connectivity index (χ0v) is 18.1. The molecular formula is C21H18ClFN2O3S2. The maximum absolute atomic E-state index is 13.3. The van der Waals surface area contributed by atoms with Gasteiger partial charge in [0.15, 0.2) is 0 Å². The quantitative estimate of drug-likeness (QED) is 0.555. The summed E-state index contributed by atoms with van der Waals surface area (Å²) < 4.78 is 40.7. The zero-order valence-electron chi connectivity index (χ0n) is 15.7. The Bertz CT molecular complexity index is 1170. The smallest absolute Gasteiger partial charge is 0.261 e. The number of nitrogens with one attached hydrogen (secondary N) is 1. The zero-order chi connectivity index (χ0) is 21.3. The van der Waals surface area contributed by atoms with Gasteiger partial charge in [-0.3, -0.25) is 9.52 Å². The van der Waals surface area contributed by atoms with Crippen LogP contribution >= 0.6 is 22.9 Å². The summed E-state index contributed by atoms with van der Waals surface area (Å²) in [5.74, 6) is -0.771. The van der Waals surface area contributed by atoms with Crippen LogP contribution in [0.3, 0.4) is 0 Å².